The van der Waals surface area contributed by atoms with Crippen LogP contribution < -0.4 is 0 Å². The van der Waals surface area contributed by atoms with Crippen LogP contribution in [-0.2, 0) is 0 Å². The van der Waals surface area contributed by atoms with E-state index in [2.05, 4.69) is 63.2 Å². The summed E-state index contributed by atoms with van der Waals surface area (Å²) in [6, 6.07) is 16.7. The van der Waals surface area contributed by atoms with Gasteiger partial charge in [-0.25, -0.2) is 4.99 Å². The van der Waals surface area contributed by atoms with Gasteiger partial charge >= 0.3 is 0 Å². The van der Waals surface area contributed by atoms with Crippen molar-refractivity contribution in [1.82, 2.24) is 0 Å². The fourth-order valence-corrected chi connectivity index (χ4v) is 2.75. The van der Waals surface area contributed by atoms with Crippen LogP contribution in [0.15, 0.2) is 58.4 Å². The molecule has 0 bridgehead atoms. The highest BCUT2D eigenvalue weighted by atomic mass is 32.2. The molecule has 2 aromatic carbocycles. The number of aryl methyl sites for hydroxylation is 2. The van der Waals surface area contributed by atoms with Gasteiger partial charge in [-0.3, -0.25) is 0 Å². The van der Waals surface area contributed by atoms with Crippen LogP contribution in [0.25, 0.3) is 0 Å². The van der Waals surface area contributed by atoms with E-state index in [0.717, 1.165) is 17.2 Å². The van der Waals surface area contributed by atoms with Gasteiger partial charge in [0, 0.05) is 4.90 Å². The summed E-state index contributed by atoms with van der Waals surface area (Å²) < 4.78 is 0. The third kappa shape index (κ3) is 3.71. The van der Waals surface area contributed by atoms with Crippen LogP contribution in [0.3, 0.4) is 0 Å². The van der Waals surface area contributed by atoms with Gasteiger partial charge in [0.1, 0.15) is 0 Å². The first-order valence-electron chi connectivity index (χ1n) is 6.57. The molecule has 1 nitrogen and oxygen atoms in total. The number of nitrogens with zero attached hydrogens (tertiary/aromatic N) is 1. The maximum Gasteiger partial charge on any atom is 0.0783 e. The Morgan fingerprint density at radius 3 is 2.16 bits per heavy atom. The van der Waals surface area contributed by atoms with E-state index < -0.39 is 0 Å². The molecule has 0 aliphatic rings. The molecule has 0 spiro atoms. The number of rotatable bonds is 3. The van der Waals surface area contributed by atoms with Crippen LogP contribution in [0.4, 0.5) is 5.69 Å². The molecular formula is C17H19NS. The minimum Gasteiger partial charge on any atom is -0.246 e. The van der Waals surface area contributed by atoms with E-state index in [4.69, 9.17) is 4.99 Å². The van der Waals surface area contributed by atoms with E-state index in [1.165, 1.54) is 16.0 Å². The second-order valence-corrected chi connectivity index (χ2v) is 5.66. The summed E-state index contributed by atoms with van der Waals surface area (Å²) in [4.78, 5) is 6.10. The smallest absolute Gasteiger partial charge is 0.0783 e. The van der Waals surface area contributed by atoms with Gasteiger partial charge in [-0.1, -0.05) is 55.1 Å². The molecule has 98 valence electrons. The summed E-state index contributed by atoms with van der Waals surface area (Å²) in [5, 5.41) is 1.16. The van der Waals surface area contributed by atoms with E-state index >= 15 is 0 Å². The third-order valence-electron chi connectivity index (χ3n) is 2.96. The van der Waals surface area contributed by atoms with Crippen LogP contribution in [0.1, 0.15) is 24.5 Å². The Bertz CT molecular complexity index is 553. The highest BCUT2D eigenvalue weighted by Gasteiger charge is 2.04. The average molecular weight is 269 g/mol. The van der Waals surface area contributed by atoms with E-state index in [1.54, 1.807) is 11.8 Å². The first kappa shape index (κ1) is 13.9. The van der Waals surface area contributed by atoms with Gasteiger partial charge in [0.25, 0.3) is 0 Å². The van der Waals surface area contributed by atoms with Gasteiger partial charge in [0.05, 0.1) is 10.7 Å². The number of aliphatic imine (C=N–C) groups is 1. The molecule has 0 amide bonds. The summed E-state index contributed by atoms with van der Waals surface area (Å²) in [5.74, 6) is 0. The quantitative estimate of drug-likeness (QED) is 0.405. The zero-order chi connectivity index (χ0) is 13.7. The number of para-hydroxylation sites is 1. The van der Waals surface area contributed by atoms with Crippen molar-refractivity contribution in [2.45, 2.75) is 32.1 Å². The monoisotopic (exact) mass is 269 g/mol. The van der Waals surface area contributed by atoms with Crippen LogP contribution in [-0.4, -0.2) is 5.04 Å². The molecule has 2 aromatic rings. The summed E-state index contributed by atoms with van der Waals surface area (Å²) in [6.45, 7) is 6.39. The molecule has 0 unspecified atom stereocenters. The maximum atomic E-state index is 4.85. The predicted molar refractivity (Wildman–Crippen MR) is 85.6 cm³/mol. The fraction of sp³-hybridized carbons (Fsp3) is 0.235. The van der Waals surface area contributed by atoms with Gasteiger partial charge in [0.15, 0.2) is 0 Å². The number of benzene rings is 2. The number of thioether (sulfide) groups is 1. The Hall–Kier alpha value is -1.54. The molecule has 0 aliphatic carbocycles. The van der Waals surface area contributed by atoms with Crippen molar-refractivity contribution in [3.8, 4) is 0 Å². The van der Waals surface area contributed by atoms with Crippen molar-refractivity contribution in [3.63, 3.8) is 0 Å². The molecular weight excluding hydrogens is 250 g/mol. The molecule has 0 heterocycles. The molecule has 2 rings (SSSR count). The first-order valence-corrected chi connectivity index (χ1v) is 7.39. The van der Waals surface area contributed by atoms with Gasteiger partial charge in [0.2, 0.25) is 0 Å². The standard InChI is InChI=1S/C17H19NS/c1-4-16(19-15-11-6-5-7-12-15)18-17-13(2)9-8-10-14(17)3/h5-12H,4H2,1-3H3. The molecule has 0 saturated carbocycles. The largest absolute Gasteiger partial charge is 0.246 e. The van der Waals surface area contributed by atoms with Crippen molar-refractivity contribution >= 4 is 22.5 Å². The van der Waals surface area contributed by atoms with Gasteiger partial charge in [-0.2, -0.15) is 0 Å². The molecule has 0 N–H and O–H groups in total. The van der Waals surface area contributed by atoms with Crippen molar-refractivity contribution < 1.29 is 0 Å². The van der Waals surface area contributed by atoms with Gasteiger partial charge in [-0.15, -0.1) is 0 Å². The lowest BCUT2D eigenvalue weighted by Crippen LogP contribution is -1.90. The topological polar surface area (TPSA) is 12.4 Å². The van der Waals surface area contributed by atoms with E-state index in [9.17, 15) is 0 Å². The average Bonchev–Trinajstić information content (AvgIpc) is 2.43. The van der Waals surface area contributed by atoms with Gasteiger partial charge in [-0.05, 0) is 43.5 Å². The molecule has 0 aliphatic heterocycles. The zero-order valence-corrected chi connectivity index (χ0v) is 12.5. The molecule has 0 radical (unpaired) electrons. The summed E-state index contributed by atoms with van der Waals surface area (Å²) in [6.07, 6.45) is 0.952. The Balaban J connectivity index is 2.29. The molecule has 0 fully saturated rings. The van der Waals surface area contributed by atoms with Gasteiger partial charge < -0.3 is 0 Å². The van der Waals surface area contributed by atoms with Crippen molar-refractivity contribution in [2.24, 2.45) is 4.99 Å². The summed E-state index contributed by atoms with van der Waals surface area (Å²) >= 11 is 1.75. The molecule has 0 aromatic heterocycles. The van der Waals surface area contributed by atoms with Crippen LogP contribution >= 0.6 is 11.8 Å². The third-order valence-corrected chi connectivity index (χ3v) is 4.08. The van der Waals surface area contributed by atoms with Crippen LogP contribution in [0, 0.1) is 13.8 Å². The lowest BCUT2D eigenvalue weighted by atomic mass is 10.1. The summed E-state index contributed by atoms with van der Waals surface area (Å²) in [5.41, 5.74) is 3.59. The SMILES string of the molecule is CCC(=Nc1c(C)cccc1C)Sc1ccccc1. The van der Waals surface area contributed by atoms with Crippen molar-refractivity contribution in [1.29, 1.82) is 0 Å². The van der Waals surface area contributed by atoms with Crippen LogP contribution in [0.2, 0.25) is 0 Å². The second-order valence-electron chi connectivity index (χ2n) is 4.51. The first-order chi connectivity index (χ1) is 9.20. The normalized spacial score (nSPS) is 11.6. The highest BCUT2D eigenvalue weighted by Crippen LogP contribution is 2.28. The predicted octanol–water partition coefficient (Wildman–Crippen LogP) is 5.54. The fourth-order valence-electron chi connectivity index (χ4n) is 1.91. The van der Waals surface area contributed by atoms with Crippen molar-refractivity contribution in [2.75, 3.05) is 0 Å². The Morgan fingerprint density at radius 1 is 0.947 bits per heavy atom. The molecule has 0 saturated heterocycles. The molecule has 19 heavy (non-hydrogen) atoms. The molecule has 0 atom stereocenters. The maximum absolute atomic E-state index is 4.85. The molecule has 2 heteroatoms. The van der Waals surface area contributed by atoms with Crippen LogP contribution in [0.5, 0.6) is 0 Å². The minimum atomic E-state index is 0.952. The Kier molecular flexibility index (Phi) is 4.80. The van der Waals surface area contributed by atoms with E-state index in [-0.39, 0.29) is 0 Å². The van der Waals surface area contributed by atoms with E-state index in [0.29, 0.717) is 0 Å². The number of hydrogen-bond donors (Lipinski definition) is 0. The second kappa shape index (κ2) is 6.58. The lowest BCUT2D eigenvalue weighted by molar-refractivity contribution is 1.27. The van der Waals surface area contributed by atoms with E-state index in [1.807, 2.05) is 6.07 Å². The summed E-state index contributed by atoms with van der Waals surface area (Å²) in [7, 11) is 0. The van der Waals surface area contributed by atoms with Crippen molar-refractivity contribution in [3.05, 3.63) is 59.7 Å². The highest BCUT2D eigenvalue weighted by molar-refractivity contribution is 8.14. The number of hydrogen-bond acceptors (Lipinski definition) is 2. The lowest BCUT2D eigenvalue weighted by Gasteiger charge is -2.08. The zero-order valence-electron chi connectivity index (χ0n) is 11.7. The Morgan fingerprint density at radius 2 is 1.58 bits per heavy atom. The minimum absolute atomic E-state index is 0.952. The Labute approximate surface area is 119 Å².